The summed E-state index contributed by atoms with van der Waals surface area (Å²) in [4.78, 5) is 8.67. The summed E-state index contributed by atoms with van der Waals surface area (Å²) < 4.78 is 0.968. The van der Waals surface area contributed by atoms with Crippen LogP contribution in [0.1, 0.15) is 12.7 Å². The van der Waals surface area contributed by atoms with Gasteiger partial charge in [-0.25, -0.2) is 9.97 Å². The maximum Gasteiger partial charge on any atom is 0.135 e. The first-order chi connectivity index (χ1) is 7.56. The van der Waals surface area contributed by atoms with Crippen LogP contribution < -0.4 is 11.5 Å². The minimum atomic E-state index is 0.0345. The van der Waals surface area contributed by atoms with Crippen molar-refractivity contribution in [3.63, 3.8) is 0 Å². The molecule has 4 nitrogen and oxygen atoms in total. The molecule has 2 aromatic rings. The Balaban J connectivity index is 2.55. The third kappa shape index (κ3) is 2.31. The maximum absolute atomic E-state index is 5.89. The van der Waals surface area contributed by atoms with Crippen LogP contribution in [0.2, 0.25) is 0 Å². The molecule has 1 atom stereocenters. The molecule has 5 heteroatoms. The summed E-state index contributed by atoms with van der Waals surface area (Å²) in [5.41, 5.74) is 12.5. The second-order valence-corrected chi connectivity index (χ2v) is 4.78. The fourth-order valence-corrected chi connectivity index (χ4v) is 1.91. The quantitative estimate of drug-likeness (QED) is 0.880. The molecular formula is C11H13BrN4. The molecule has 0 aliphatic heterocycles. The number of nitrogens with two attached hydrogens (primary N) is 2. The highest BCUT2D eigenvalue weighted by atomic mass is 79.9. The maximum atomic E-state index is 5.89. The van der Waals surface area contributed by atoms with Crippen LogP contribution in [0.3, 0.4) is 0 Å². The van der Waals surface area contributed by atoms with Gasteiger partial charge in [-0.1, -0.05) is 15.9 Å². The molecule has 0 bridgehead atoms. The number of aromatic nitrogens is 2. The first kappa shape index (κ1) is 11.3. The first-order valence-electron chi connectivity index (χ1n) is 5.03. The molecule has 0 aliphatic carbocycles. The Kier molecular flexibility index (Phi) is 3.07. The van der Waals surface area contributed by atoms with Crippen molar-refractivity contribution in [3.05, 3.63) is 28.5 Å². The van der Waals surface area contributed by atoms with Gasteiger partial charge in [0.15, 0.2) is 0 Å². The van der Waals surface area contributed by atoms with Crippen LogP contribution in [0, 0.1) is 0 Å². The van der Waals surface area contributed by atoms with Crippen LogP contribution >= 0.6 is 15.9 Å². The van der Waals surface area contributed by atoms with Gasteiger partial charge in [-0.05, 0) is 25.1 Å². The number of nitrogens with zero attached hydrogens (tertiary/aromatic N) is 2. The van der Waals surface area contributed by atoms with E-state index in [0.29, 0.717) is 18.1 Å². The van der Waals surface area contributed by atoms with Crippen molar-refractivity contribution in [3.8, 4) is 0 Å². The van der Waals surface area contributed by atoms with Crippen molar-refractivity contribution in [2.24, 2.45) is 5.73 Å². The average Bonchev–Trinajstić information content (AvgIpc) is 2.18. The van der Waals surface area contributed by atoms with Crippen molar-refractivity contribution in [1.82, 2.24) is 9.97 Å². The van der Waals surface area contributed by atoms with E-state index in [4.69, 9.17) is 11.5 Å². The van der Waals surface area contributed by atoms with E-state index in [1.807, 2.05) is 25.1 Å². The van der Waals surface area contributed by atoms with Gasteiger partial charge in [-0.15, -0.1) is 0 Å². The van der Waals surface area contributed by atoms with E-state index in [9.17, 15) is 0 Å². The molecule has 84 valence electrons. The smallest absolute Gasteiger partial charge is 0.135 e. The third-order valence-electron chi connectivity index (χ3n) is 2.24. The van der Waals surface area contributed by atoms with Crippen LogP contribution in [-0.4, -0.2) is 16.0 Å². The molecule has 1 heterocycles. The van der Waals surface area contributed by atoms with Gasteiger partial charge in [0.25, 0.3) is 0 Å². The van der Waals surface area contributed by atoms with Crippen LogP contribution in [0.25, 0.3) is 10.9 Å². The molecule has 0 aliphatic rings. The predicted molar refractivity (Wildman–Crippen MR) is 69.0 cm³/mol. The number of halogens is 1. The van der Waals surface area contributed by atoms with Gasteiger partial charge < -0.3 is 11.5 Å². The largest absolute Gasteiger partial charge is 0.383 e. The number of fused-ring (bicyclic) bond motifs is 1. The van der Waals surface area contributed by atoms with Crippen molar-refractivity contribution in [2.45, 2.75) is 19.4 Å². The molecule has 1 aromatic heterocycles. The Morgan fingerprint density at radius 1 is 1.38 bits per heavy atom. The summed E-state index contributed by atoms with van der Waals surface area (Å²) in [6.07, 6.45) is 0.635. The highest BCUT2D eigenvalue weighted by Crippen LogP contribution is 2.22. The summed E-state index contributed by atoms with van der Waals surface area (Å²) in [6, 6.07) is 5.81. The topological polar surface area (TPSA) is 77.8 Å². The number of benzene rings is 1. The van der Waals surface area contributed by atoms with Crippen molar-refractivity contribution in [2.75, 3.05) is 5.73 Å². The molecule has 0 saturated heterocycles. The van der Waals surface area contributed by atoms with Crippen molar-refractivity contribution >= 4 is 32.7 Å². The molecule has 2 rings (SSSR count). The fourth-order valence-electron chi connectivity index (χ4n) is 1.55. The van der Waals surface area contributed by atoms with Crippen LogP contribution in [0.4, 0.5) is 5.82 Å². The molecule has 4 N–H and O–H groups in total. The minimum Gasteiger partial charge on any atom is -0.383 e. The monoisotopic (exact) mass is 280 g/mol. The van der Waals surface area contributed by atoms with Gasteiger partial charge in [0.1, 0.15) is 11.6 Å². The first-order valence-corrected chi connectivity index (χ1v) is 5.83. The van der Waals surface area contributed by atoms with Crippen LogP contribution in [0.15, 0.2) is 22.7 Å². The van der Waals surface area contributed by atoms with Gasteiger partial charge in [-0.2, -0.15) is 0 Å². The van der Waals surface area contributed by atoms with E-state index in [0.717, 1.165) is 15.4 Å². The minimum absolute atomic E-state index is 0.0345. The molecular weight excluding hydrogens is 268 g/mol. The lowest BCUT2D eigenvalue weighted by atomic mass is 10.2. The van der Waals surface area contributed by atoms with E-state index in [2.05, 4.69) is 25.9 Å². The number of rotatable bonds is 2. The Morgan fingerprint density at radius 3 is 2.81 bits per heavy atom. The second-order valence-electron chi connectivity index (χ2n) is 3.87. The standard InChI is InChI=1S/C11H13BrN4/c1-6(13)4-10-15-9-3-2-7(12)5-8(9)11(14)16-10/h2-3,5-6H,4,13H2,1H3,(H2,14,15,16). The van der Waals surface area contributed by atoms with Gasteiger partial charge in [0.05, 0.1) is 5.52 Å². The zero-order valence-electron chi connectivity index (χ0n) is 8.94. The van der Waals surface area contributed by atoms with Gasteiger partial charge in [0, 0.05) is 22.3 Å². The fraction of sp³-hybridized carbons (Fsp3) is 0.273. The van der Waals surface area contributed by atoms with E-state index in [1.54, 1.807) is 0 Å². The summed E-state index contributed by atoms with van der Waals surface area (Å²) in [6.45, 7) is 1.92. The molecule has 16 heavy (non-hydrogen) atoms. The summed E-state index contributed by atoms with van der Waals surface area (Å²) in [5, 5.41) is 0.864. The van der Waals surface area contributed by atoms with E-state index >= 15 is 0 Å². The average molecular weight is 281 g/mol. The molecule has 0 spiro atoms. The molecule has 0 fully saturated rings. The zero-order valence-corrected chi connectivity index (χ0v) is 10.5. The van der Waals surface area contributed by atoms with Crippen molar-refractivity contribution in [1.29, 1.82) is 0 Å². The lowest BCUT2D eigenvalue weighted by Crippen LogP contribution is -2.19. The van der Waals surface area contributed by atoms with Crippen LogP contribution in [0.5, 0.6) is 0 Å². The van der Waals surface area contributed by atoms with E-state index in [-0.39, 0.29) is 6.04 Å². The van der Waals surface area contributed by atoms with Gasteiger partial charge in [-0.3, -0.25) is 0 Å². The Labute approximate surface area is 102 Å². The zero-order chi connectivity index (χ0) is 11.7. The van der Waals surface area contributed by atoms with Crippen LogP contribution in [-0.2, 0) is 6.42 Å². The summed E-state index contributed by atoms with van der Waals surface area (Å²) in [7, 11) is 0. The molecule has 0 amide bonds. The highest BCUT2D eigenvalue weighted by molar-refractivity contribution is 9.10. The lowest BCUT2D eigenvalue weighted by Gasteiger charge is -2.07. The highest BCUT2D eigenvalue weighted by Gasteiger charge is 2.07. The summed E-state index contributed by atoms with van der Waals surface area (Å²) >= 11 is 3.39. The Morgan fingerprint density at radius 2 is 2.12 bits per heavy atom. The molecule has 1 unspecified atom stereocenters. The SMILES string of the molecule is CC(N)Cc1nc(N)c2cc(Br)ccc2n1. The Hall–Kier alpha value is -1.20. The number of nitrogen functional groups attached to an aromatic ring is 1. The normalized spacial score (nSPS) is 12.9. The lowest BCUT2D eigenvalue weighted by molar-refractivity contribution is 0.706. The van der Waals surface area contributed by atoms with E-state index < -0.39 is 0 Å². The Bertz CT molecular complexity index is 525. The molecule has 0 radical (unpaired) electrons. The van der Waals surface area contributed by atoms with E-state index in [1.165, 1.54) is 0 Å². The number of anilines is 1. The third-order valence-corrected chi connectivity index (χ3v) is 2.73. The van der Waals surface area contributed by atoms with Gasteiger partial charge in [0.2, 0.25) is 0 Å². The predicted octanol–water partition coefficient (Wildman–Crippen LogP) is 1.86. The molecule has 0 saturated carbocycles. The second kappa shape index (κ2) is 4.35. The number of hydrogen-bond donors (Lipinski definition) is 2. The summed E-state index contributed by atoms with van der Waals surface area (Å²) in [5.74, 6) is 1.20. The molecule has 1 aromatic carbocycles. The van der Waals surface area contributed by atoms with Crippen molar-refractivity contribution < 1.29 is 0 Å². The number of hydrogen-bond acceptors (Lipinski definition) is 4. The van der Waals surface area contributed by atoms with Gasteiger partial charge >= 0.3 is 0 Å².